The minimum atomic E-state index is -0.348. The van der Waals surface area contributed by atoms with Gasteiger partial charge < -0.3 is 5.32 Å². The van der Waals surface area contributed by atoms with Crippen molar-refractivity contribution in [2.24, 2.45) is 11.8 Å². The van der Waals surface area contributed by atoms with E-state index in [1.54, 1.807) is 6.07 Å². The number of benzene rings is 1. The second-order valence-electron chi connectivity index (χ2n) is 5.93. The molecular weight excluding hydrogens is 261 g/mol. The highest BCUT2D eigenvalue weighted by molar-refractivity contribution is 6.30. The Kier molecular flexibility index (Phi) is 5.23. The zero-order valence-corrected chi connectivity index (χ0v) is 12.5. The second kappa shape index (κ2) is 6.71. The molecule has 0 radical (unpaired) electrons. The molecule has 1 atom stereocenters. The summed E-state index contributed by atoms with van der Waals surface area (Å²) in [6, 6.07) is 5.19. The number of hydrogen-bond acceptors (Lipinski definition) is 1. The molecule has 0 bridgehead atoms. The summed E-state index contributed by atoms with van der Waals surface area (Å²) in [6.45, 7) is 5.49. The normalized spacial score (nSPS) is 25.3. The molecule has 2 rings (SSSR count). The quantitative estimate of drug-likeness (QED) is 0.824. The van der Waals surface area contributed by atoms with Crippen molar-refractivity contribution in [1.29, 1.82) is 0 Å². The van der Waals surface area contributed by atoms with E-state index in [1.807, 2.05) is 6.07 Å². The van der Waals surface area contributed by atoms with Crippen LogP contribution in [0.4, 0.5) is 4.39 Å². The van der Waals surface area contributed by atoms with E-state index in [9.17, 15) is 4.39 Å². The van der Waals surface area contributed by atoms with Gasteiger partial charge >= 0.3 is 0 Å². The van der Waals surface area contributed by atoms with Crippen molar-refractivity contribution in [2.45, 2.75) is 45.6 Å². The first kappa shape index (κ1) is 14.8. The molecule has 0 saturated heterocycles. The van der Waals surface area contributed by atoms with Gasteiger partial charge in [-0.25, -0.2) is 4.39 Å². The maximum Gasteiger partial charge on any atom is 0.141 e. The second-order valence-corrected chi connectivity index (χ2v) is 6.34. The van der Waals surface area contributed by atoms with E-state index < -0.39 is 0 Å². The lowest BCUT2D eigenvalue weighted by molar-refractivity contribution is 0.276. The average molecular weight is 284 g/mol. The molecule has 0 heterocycles. The molecule has 1 aliphatic carbocycles. The van der Waals surface area contributed by atoms with Gasteiger partial charge in [0.2, 0.25) is 0 Å². The number of hydrogen-bond donors (Lipinski definition) is 1. The van der Waals surface area contributed by atoms with Crippen molar-refractivity contribution in [1.82, 2.24) is 5.32 Å². The van der Waals surface area contributed by atoms with E-state index in [1.165, 1.54) is 31.7 Å². The van der Waals surface area contributed by atoms with E-state index in [-0.39, 0.29) is 16.9 Å². The van der Waals surface area contributed by atoms with Crippen molar-refractivity contribution in [3.63, 3.8) is 0 Å². The summed E-state index contributed by atoms with van der Waals surface area (Å²) >= 11 is 5.82. The third kappa shape index (κ3) is 4.19. The molecule has 1 saturated carbocycles. The monoisotopic (exact) mass is 283 g/mol. The zero-order chi connectivity index (χ0) is 13.8. The number of nitrogens with one attached hydrogen (secondary N) is 1. The van der Waals surface area contributed by atoms with Gasteiger partial charge in [-0.05, 0) is 55.8 Å². The fourth-order valence-corrected chi connectivity index (χ4v) is 2.97. The molecule has 0 aromatic heterocycles. The fourth-order valence-electron chi connectivity index (χ4n) is 2.78. The summed E-state index contributed by atoms with van der Waals surface area (Å²) in [5, 5.41) is 3.76. The zero-order valence-electron chi connectivity index (χ0n) is 11.8. The van der Waals surface area contributed by atoms with Gasteiger partial charge in [0.1, 0.15) is 5.82 Å². The van der Waals surface area contributed by atoms with E-state index >= 15 is 0 Å². The Bertz CT molecular complexity index is 413. The lowest BCUT2D eigenvalue weighted by Crippen LogP contribution is -2.28. The summed E-state index contributed by atoms with van der Waals surface area (Å²) in [5.41, 5.74) is 1.05. The largest absolute Gasteiger partial charge is 0.310 e. The summed E-state index contributed by atoms with van der Waals surface area (Å²) < 4.78 is 13.1. The van der Waals surface area contributed by atoms with E-state index in [4.69, 9.17) is 11.6 Å². The lowest BCUT2D eigenvalue weighted by Gasteiger charge is -2.27. The van der Waals surface area contributed by atoms with Crippen LogP contribution in [-0.4, -0.2) is 6.54 Å². The van der Waals surface area contributed by atoms with Crippen LogP contribution in [0.5, 0.6) is 0 Å². The van der Waals surface area contributed by atoms with Gasteiger partial charge in [0.15, 0.2) is 0 Å². The maximum atomic E-state index is 13.1. The molecular formula is C16H23ClFN. The highest BCUT2D eigenvalue weighted by atomic mass is 35.5. The van der Waals surface area contributed by atoms with Crippen molar-refractivity contribution in [2.75, 3.05) is 6.54 Å². The summed E-state index contributed by atoms with van der Waals surface area (Å²) in [5.74, 6) is 1.33. The predicted molar refractivity (Wildman–Crippen MR) is 78.9 cm³/mol. The standard InChI is InChI=1S/C16H23ClFN/c1-11-3-5-13(6-4-11)10-19-12(2)14-7-8-16(18)15(17)9-14/h7-9,11-13,19H,3-6,10H2,1-2H3. The van der Waals surface area contributed by atoms with Crippen LogP contribution in [0.3, 0.4) is 0 Å². The first-order valence-electron chi connectivity index (χ1n) is 7.24. The van der Waals surface area contributed by atoms with Crippen molar-refractivity contribution >= 4 is 11.6 Å². The van der Waals surface area contributed by atoms with Crippen LogP contribution in [0.15, 0.2) is 18.2 Å². The molecule has 1 fully saturated rings. The molecule has 1 aromatic rings. The highest BCUT2D eigenvalue weighted by Crippen LogP contribution is 2.28. The number of halogens is 2. The van der Waals surface area contributed by atoms with Crippen LogP contribution >= 0.6 is 11.6 Å². The van der Waals surface area contributed by atoms with Crippen molar-refractivity contribution in [3.05, 3.63) is 34.6 Å². The number of rotatable bonds is 4. The van der Waals surface area contributed by atoms with Gasteiger partial charge in [0, 0.05) is 6.04 Å². The van der Waals surface area contributed by atoms with Gasteiger partial charge in [-0.15, -0.1) is 0 Å². The Morgan fingerprint density at radius 2 is 2.00 bits per heavy atom. The van der Waals surface area contributed by atoms with E-state index in [2.05, 4.69) is 19.2 Å². The van der Waals surface area contributed by atoms with Gasteiger partial charge in [-0.1, -0.05) is 37.4 Å². The minimum Gasteiger partial charge on any atom is -0.310 e. The molecule has 0 spiro atoms. The Labute approximate surface area is 120 Å². The lowest BCUT2D eigenvalue weighted by atomic mass is 9.83. The first-order chi connectivity index (χ1) is 9.06. The Balaban J connectivity index is 1.83. The summed E-state index contributed by atoms with van der Waals surface area (Å²) in [4.78, 5) is 0. The SMILES string of the molecule is CC1CCC(CNC(C)c2ccc(F)c(Cl)c2)CC1. The highest BCUT2D eigenvalue weighted by Gasteiger charge is 2.18. The van der Waals surface area contributed by atoms with Crippen LogP contribution in [0.2, 0.25) is 5.02 Å². The van der Waals surface area contributed by atoms with Crippen molar-refractivity contribution in [3.8, 4) is 0 Å². The minimum absolute atomic E-state index is 0.206. The molecule has 0 aliphatic heterocycles. The van der Waals surface area contributed by atoms with Crippen LogP contribution in [-0.2, 0) is 0 Å². The fraction of sp³-hybridized carbons (Fsp3) is 0.625. The van der Waals surface area contributed by atoms with Gasteiger partial charge in [-0.3, -0.25) is 0 Å². The predicted octanol–water partition coefficient (Wildman–Crippen LogP) is 4.96. The van der Waals surface area contributed by atoms with Gasteiger partial charge in [-0.2, -0.15) is 0 Å². The van der Waals surface area contributed by atoms with Crippen LogP contribution in [0, 0.1) is 17.7 Å². The Hall–Kier alpha value is -0.600. The summed E-state index contributed by atoms with van der Waals surface area (Å²) in [6.07, 6.45) is 5.35. The molecule has 1 unspecified atom stereocenters. The first-order valence-corrected chi connectivity index (χ1v) is 7.62. The average Bonchev–Trinajstić information content (AvgIpc) is 2.41. The topological polar surface area (TPSA) is 12.0 Å². The Morgan fingerprint density at radius 1 is 1.32 bits per heavy atom. The van der Waals surface area contributed by atoms with Crippen LogP contribution in [0.1, 0.15) is 51.1 Å². The Morgan fingerprint density at radius 3 is 2.63 bits per heavy atom. The van der Waals surface area contributed by atoms with E-state index in [0.717, 1.165) is 23.9 Å². The smallest absolute Gasteiger partial charge is 0.141 e. The molecule has 1 nitrogen and oxygen atoms in total. The van der Waals surface area contributed by atoms with Crippen LogP contribution in [0.25, 0.3) is 0 Å². The molecule has 1 aromatic carbocycles. The van der Waals surface area contributed by atoms with Gasteiger partial charge in [0.25, 0.3) is 0 Å². The van der Waals surface area contributed by atoms with E-state index in [0.29, 0.717) is 0 Å². The third-order valence-electron chi connectivity index (χ3n) is 4.29. The van der Waals surface area contributed by atoms with Crippen molar-refractivity contribution < 1.29 is 4.39 Å². The molecule has 1 aliphatic rings. The molecule has 0 amide bonds. The molecule has 19 heavy (non-hydrogen) atoms. The molecule has 1 N–H and O–H groups in total. The molecule has 3 heteroatoms. The molecule has 106 valence electrons. The van der Waals surface area contributed by atoms with Crippen LogP contribution < -0.4 is 5.32 Å². The third-order valence-corrected chi connectivity index (χ3v) is 4.58. The maximum absolute atomic E-state index is 13.1. The van der Waals surface area contributed by atoms with Gasteiger partial charge in [0.05, 0.1) is 5.02 Å². The summed E-state index contributed by atoms with van der Waals surface area (Å²) in [7, 11) is 0.